The fourth-order valence-corrected chi connectivity index (χ4v) is 6.39. The summed E-state index contributed by atoms with van der Waals surface area (Å²) in [4.78, 5) is 33.9. The smallest absolute Gasteiger partial charge is 0.284 e. The van der Waals surface area contributed by atoms with Gasteiger partial charge >= 0.3 is 0 Å². The van der Waals surface area contributed by atoms with Crippen molar-refractivity contribution in [2.45, 2.75) is 62.4 Å². The van der Waals surface area contributed by atoms with Gasteiger partial charge in [0.25, 0.3) is 5.56 Å². The number of aryl methyl sites for hydroxylation is 1. The van der Waals surface area contributed by atoms with E-state index in [2.05, 4.69) is 15.7 Å². The van der Waals surface area contributed by atoms with Crippen molar-refractivity contribution in [2.24, 2.45) is 0 Å². The summed E-state index contributed by atoms with van der Waals surface area (Å²) >= 11 is 1.48. The number of nitrogens with zero attached hydrogens (tertiary/aromatic N) is 5. The van der Waals surface area contributed by atoms with Crippen molar-refractivity contribution >= 4 is 23.4 Å². The average Bonchev–Trinajstić information content (AvgIpc) is 3.07. The molecule has 1 atom stereocenters. The summed E-state index contributed by atoms with van der Waals surface area (Å²) in [7, 11) is 0. The first-order valence-electron chi connectivity index (χ1n) is 12.8. The lowest BCUT2D eigenvalue weighted by Gasteiger charge is -2.31. The molecule has 2 aromatic rings. The van der Waals surface area contributed by atoms with Crippen LogP contribution in [-0.2, 0) is 24.2 Å². The van der Waals surface area contributed by atoms with Gasteiger partial charge in [-0.15, -0.1) is 5.10 Å². The molecule has 0 fully saturated rings. The van der Waals surface area contributed by atoms with Gasteiger partial charge < -0.3 is 9.47 Å². The van der Waals surface area contributed by atoms with Gasteiger partial charge in [-0.25, -0.2) is 4.98 Å². The average molecular weight is 500 g/mol. The molecule has 0 aromatic heterocycles. The predicted octanol–water partition coefficient (Wildman–Crippen LogP) is 4.72. The van der Waals surface area contributed by atoms with Crippen LogP contribution >= 0.6 is 11.8 Å². The number of thioether (sulfide) groups is 1. The Morgan fingerprint density at radius 1 is 0.944 bits per heavy atom. The Balaban J connectivity index is 1.39. The molecule has 1 unspecified atom stereocenters. The second-order valence-electron chi connectivity index (χ2n) is 9.54. The van der Waals surface area contributed by atoms with E-state index in [1.165, 1.54) is 22.0 Å². The number of aromatic nitrogens is 4. The van der Waals surface area contributed by atoms with Crippen molar-refractivity contribution in [3.8, 4) is 17.1 Å². The number of amides is 1. The van der Waals surface area contributed by atoms with Crippen molar-refractivity contribution in [3.63, 3.8) is 0 Å². The van der Waals surface area contributed by atoms with E-state index in [1.54, 1.807) is 0 Å². The number of hydrogen-bond acceptors (Lipinski definition) is 5. The van der Waals surface area contributed by atoms with Gasteiger partial charge in [0.2, 0.25) is 5.91 Å². The predicted molar refractivity (Wildman–Crippen MR) is 142 cm³/mol. The molecule has 4 aliphatic rings. The Morgan fingerprint density at radius 2 is 1.75 bits per heavy atom. The van der Waals surface area contributed by atoms with E-state index in [1.807, 2.05) is 60.4 Å². The highest BCUT2D eigenvalue weighted by Crippen LogP contribution is 2.34. The molecule has 7 nitrogen and oxygen atoms in total. The second kappa shape index (κ2) is 9.58. The minimum atomic E-state index is -0.316. The van der Waals surface area contributed by atoms with E-state index in [4.69, 9.17) is 4.98 Å². The molecular formula is C28H29N5O2S. The van der Waals surface area contributed by atoms with Crippen molar-refractivity contribution < 1.29 is 4.79 Å². The van der Waals surface area contributed by atoms with Crippen LogP contribution in [0.4, 0.5) is 5.69 Å². The Morgan fingerprint density at radius 3 is 2.61 bits per heavy atom. The summed E-state index contributed by atoms with van der Waals surface area (Å²) in [5.41, 5.74) is 4.46. The molecule has 184 valence electrons. The monoisotopic (exact) mass is 499 g/mol. The van der Waals surface area contributed by atoms with Crippen LogP contribution in [-0.4, -0.2) is 37.0 Å². The van der Waals surface area contributed by atoms with Gasteiger partial charge in [0, 0.05) is 24.5 Å². The standard InChI is InChI=1S/C28H29N5O2S/c1-19(26(34)31-18-10-12-20-11-7-8-15-22(20)31)36-28-29-25-24(23-16-6-3-9-17-32(23)28)27(35)33(30-25)21-13-4-2-5-14-21/h2,4-5,7-8,11,13-15,19H,3,6,9-10,12,16-18H2,1H3. The van der Waals surface area contributed by atoms with Crippen molar-refractivity contribution in [2.75, 3.05) is 11.4 Å². The molecule has 4 aliphatic heterocycles. The zero-order chi connectivity index (χ0) is 24.6. The van der Waals surface area contributed by atoms with Crippen molar-refractivity contribution in [1.82, 2.24) is 19.3 Å². The maximum absolute atomic E-state index is 13.6. The lowest BCUT2D eigenvalue weighted by molar-refractivity contribution is -0.117. The van der Waals surface area contributed by atoms with Crippen LogP contribution in [0.15, 0.2) is 64.5 Å². The van der Waals surface area contributed by atoms with E-state index >= 15 is 0 Å². The number of anilines is 1. The Labute approximate surface area is 214 Å². The third-order valence-electron chi connectivity index (χ3n) is 7.17. The van der Waals surface area contributed by atoms with Crippen molar-refractivity contribution in [1.29, 1.82) is 0 Å². The molecule has 0 spiro atoms. The fraction of sp³-hybridized carbons (Fsp3) is 0.357. The number of carbonyl (C=O) groups is 1. The maximum atomic E-state index is 13.6. The van der Waals surface area contributed by atoms with Gasteiger partial charge in [-0.3, -0.25) is 9.59 Å². The van der Waals surface area contributed by atoms with Gasteiger partial charge in [-0.2, -0.15) is 4.68 Å². The zero-order valence-electron chi connectivity index (χ0n) is 20.4. The number of hydrogen-bond donors (Lipinski definition) is 0. The van der Waals surface area contributed by atoms with Gasteiger partial charge in [0.05, 0.1) is 10.9 Å². The summed E-state index contributed by atoms with van der Waals surface area (Å²) in [6.45, 7) is 3.49. The van der Waals surface area contributed by atoms with Crippen LogP contribution in [0.1, 0.15) is 43.9 Å². The Hall–Kier alpha value is -3.39. The van der Waals surface area contributed by atoms with E-state index in [0.717, 1.165) is 73.8 Å². The van der Waals surface area contributed by atoms with Gasteiger partial charge in [0.15, 0.2) is 11.0 Å². The number of fused-ring (bicyclic) bond motifs is 4. The number of rotatable bonds is 4. The first-order chi connectivity index (χ1) is 17.6. The highest BCUT2D eigenvalue weighted by atomic mass is 32.2. The SMILES string of the molecule is CC(Sc1nc2nn(-c3ccccc3)c(=O)c-2c2n1CCCCC2)C(=O)N1CCCc2ccccc21. The fourth-order valence-electron chi connectivity index (χ4n) is 5.38. The molecule has 6 rings (SSSR count). The minimum Gasteiger partial charge on any atom is -0.324 e. The van der Waals surface area contributed by atoms with Crippen molar-refractivity contribution in [3.05, 3.63) is 76.2 Å². The van der Waals surface area contributed by atoms with E-state index in [-0.39, 0.29) is 16.7 Å². The largest absolute Gasteiger partial charge is 0.324 e. The molecule has 0 aliphatic carbocycles. The Bertz CT molecular complexity index is 1440. The normalized spacial score (nSPS) is 16.3. The molecule has 0 saturated heterocycles. The summed E-state index contributed by atoms with van der Waals surface area (Å²) < 4.78 is 3.63. The number of benzene rings is 2. The van der Waals surface area contributed by atoms with Crippen LogP contribution in [0.3, 0.4) is 0 Å². The highest BCUT2D eigenvalue weighted by molar-refractivity contribution is 8.00. The summed E-state index contributed by atoms with van der Waals surface area (Å²) in [6, 6.07) is 17.7. The molecule has 0 N–H and O–H groups in total. The van der Waals surface area contributed by atoms with Crippen LogP contribution in [0.25, 0.3) is 17.1 Å². The first kappa shape index (κ1) is 23.0. The molecule has 8 heteroatoms. The van der Waals surface area contributed by atoms with Gasteiger partial charge in [-0.05, 0) is 62.8 Å². The minimum absolute atomic E-state index is 0.0938. The maximum Gasteiger partial charge on any atom is 0.284 e. The quantitative estimate of drug-likeness (QED) is 0.300. The molecule has 0 saturated carbocycles. The molecule has 0 bridgehead atoms. The molecule has 4 heterocycles. The summed E-state index contributed by atoms with van der Waals surface area (Å²) in [5.74, 6) is 0.554. The zero-order valence-corrected chi connectivity index (χ0v) is 21.2. The van der Waals surface area contributed by atoms with E-state index < -0.39 is 0 Å². The van der Waals surface area contributed by atoms with Gasteiger partial charge in [-0.1, -0.05) is 54.6 Å². The summed E-state index contributed by atoms with van der Waals surface area (Å²) in [6.07, 6.45) is 5.94. The molecular weight excluding hydrogens is 470 g/mol. The molecule has 2 aromatic carbocycles. The third-order valence-corrected chi connectivity index (χ3v) is 8.25. The van der Waals surface area contributed by atoms with Crippen LogP contribution in [0.5, 0.6) is 0 Å². The van der Waals surface area contributed by atoms with Crippen LogP contribution in [0.2, 0.25) is 0 Å². The molecule has 36 heavy (non-hydrogen) atoms. The topological polar surface area (TPSA) is 73.0 Å². The lowest BCUT2D eigenvalue weighted by atomic mass is 10.0. The first-order valence-corrected chi connectivity index (χ1v) is 13.6. The van der Waals surface area contributed by atoms with Crippen LogP contribution < -0.4 is 10.5 Å². The summed E-state index contributed by atoms with van der Waals surface area (Å²) in [5, 5.41) is 5.08. The molecule has 0 radical (unpaired) electrons. The van der Waals surface area contributed by atoms with E-state index in [0.29, 0.717) is 11.4 Å². The highest BCUT2D eigenvalue weighted by Gasteiger charge is 2.31. The molecule has 1 amide bonds. The number of carbonyl (C=O) groups excluding carboxylic acids is 1. The van der Waals surface area contributed by atoms with Gasteiger partial charge in [0.1, 0.15) is 5.56 Å². The third kappa shape index (κ3) is 4.03. The second-order valence-corrected chi connectivity index (χ2v) is 10.8. The number of para-hydroxylation sites is 2. The lowest BCUT2D eigenvalue weighted by Crippen LogP contribution is -2.40. The Kier molecular flexibility index (Phi) is 6.13. The van der Waals surface area contributed by atoms with Crippen LogP contribution in [0, 0.1) is 0 Å². The van der Waals surface area contributed by atoms with E-state index in [9.17, 15) is 9.59 Å².